The summed E-state index contributed by atoms with van der Waals surface area (Å²) in [5, 5.41) is 13.8. The Labute approximate surface area is 125 Å². The lowest BCUT2D eigenvalue weighted by Crippen LogP contribution is -2.32. The molecule has 112 valence electrons. The van der Waals surface area contributed by atoms with E-state index in [1.807, 2.05) is 50.2 Å². The van der Waals surface area contributed by atoms with Crippen molar-refractivity contribution in [1.29, 1.82) is 0 Å². The Morgan fingerprint density at radius 2 is 2.10 bits per heavy atom. The molecule has 0 aliphatic rings. The van der Waals surface area contributed by atoms with E-state index in [4.69, 9.17) is 4.74 Å². The minimum atomic E-state index is -0.636. The van der Waals surface area contributed by atoms with Gasteiger partial charge in [-0.15, -0.1) is 0 Å². The van der Waals surface area contributed by atoms with E-state index in [-0.39, 0.29) is 6.04 Å². The number of hydrogen-bond donors (Lipinski definition) is 2. The van der Waals surface area contributed by atoms with Crippen LogP contribution >= 0.6 is 0 Å². The number of ether oxygens (including phenoxy) is 1. The van der Waals surface area contributed by atoms with Crippen LogP contribution in [0.15, 0.2) is 42.6 Å². The molecule has 1 aromatic heterocycles. The first-order valence-electron chi connectivity index (χ1n) is 7.07. The van der Waals surface area contributed by atoms with Gasteiger partial charge >= 0.3 is 0 Å². The summed E-state index contributed by atoms with van der Waals surface area (Å²) in [4.78, 5) is 4.26. The Kier molecular flexibility index (Phi) is 5.31. The number of rotatable bonds is 6. The van der Waals surface area contributed by atoms with Gasteiger partial charge in [-0.2, -0.15) is 0 Å². The van der Waals surface area contributed by atoms with Gasteiger partial charge in [0.15, 0.2) is 0 Å². The second-order valence-corrected chi connectivity index (χ2v) is 5.18. The molecule has 4 nitrogen and oxygen atoms in total. The van der Waals surface area contributed by atoms with Crippen molar-refractivity contribution in [2.24, 2.45) is 0 Å². The molecule has 2 rings (SSSR count). The van der Waals surface area contributed by atoms with Crippen molar-refractivity contribution in [1.82, 2.24) is 10.3 Å². The van der Waals surface area contributed by atoms with E-state index in [0.29, 0.717) is 12.3 Å². The number of aryl methyl sites for hydroxylation is 1. The molecule has 0 saturated heterocycles. The largest absolute Gasteiger partial charge is 0.496 e. The molecular weight excluding hydrogens is 264 g/mol. The fourth-order valence-corrected chi connectivity index (χ4v) is 2.23. The maximum atomic E-state index is 10.5. The Bertz CT molecular complexity index is 572. The molecule has 0 radical (unpaired) electrons. The number of aliphatic hydroxyl groups excluding tert-OH is 1. The SMILES string of the molecule is COc1ccc(C)cc1C(O)C(C)NCc1ccccn1. The van der Waals surface area contributed by atoms with E-state index in [2.05, 4.69) is 10.3 Å². The van der Waals surface area contributed by atoms with Crippen LogP contribution in [0.1, 0.15) is 29.8 Å². The monoisotopic (exact) mass is 286 g/mol. The molecule has 1 aromatic carbocycles. The molecular formula is C17H22N2O2. The highest BCUT2D eigenvalue weighted by molar-refractivity contribution is 5.39. The van der Waals surface area contributed by atoms with Gasteiger partial charge in [0, 0.05) is 24.3 Å². The molecule has 0 saturated carbocycles. The van der Waals surface area contributed by atoms with Crippen LogP contribution in [0.2, 0.25) is 0 Å². The Hall–Kier alpha value is -1.91. The number of aliphatic hydroxyl groups is 1. The summed E-state index contributed by atoms with van der Waals surface area (Å²) in [5.74, 6) is 0.708. The van der Waals surface area contributed by atoms with Crippen molar-refractivity contribution in [2.45, 2.75) is 32.5 Å². The summed E-state index contributed by atoms with van der Waals surface area (Å²) >= 11 is 0. The zero-order valence-electron chi connectivity index (χ0n) is 12.7. The van der Waals surface area contributed by atoms with Crippen LogP contribution < -0.4 is 10.1 Å². The third-order valence-electron chi connectivity index (χ3n) is 3.51. The van der Waals surface area contributed by atoms with Crippen LogP contribution in [0, 0.1) is 6.92 Å². The van der Waals surface area contributed by atoms with Crippen molar-refractivity contribution in [3.8, 4) is 5.75 Å². The summed E-state index contributed by atoms with van der Waals surface area (Å²) < 4.78 is 5.33. The van der Waals surface area contributed by atoms with Crippen LogP contribution in [-0.2, 0) is 6.54 Å². The van der Waals surface area contributed by atoms with Crippen molar-refractivity contribution in [3.05, 3.63) is 59.4 Å². The smallest absolute Gasteiger partial charge is 0.124 e. The second kappa shape index (κ2) is 7.20. The maximum Gasteiger partial charge on any atom is 0.124 e. The molecule has 2 aromatic rings. The molecule has 0 fully saturated rings. The number of aromatic nitrogens is 1. The van der Waals surface area contributed by atoms with Gasteiger partial charge in [-0.25, -0.2) is 0 Å². The molecule has 2 atom stereocenters. The van der Waals surface area contributed by atoms with Gasteiger partial charge in [0.05, 0.1) is 18.9 Å². The van der Waals surface area contributed by atoms with Gasteiger partial charge in [-0.05, 0) is 38.1 Å². The van der Waals surface area contributed by atoms with E-state index in [0.717, 1.165) is 16.8 Å². The predicted molar refractivity (Wildman–Crippen MR) is 83.2 cm³/mol. The fraction of sp³-hybridized carbons (Fsp3) is 0.353. The van der Waals surface area contributed by atoms with Crippen molar-refractivity contribution >= 4 is 0 Å². The van der Waals surface area contributed by atoms with E-state index in [9.17, 15) is 5.11 Å². The molecule has 0 bridgehead atoms. The van der Waals surface area contributed by atoms with Gasteiger partial charge in [-0.1, -0.05) is 17.7 Å². The van der Waals surface area contributed by atoms with Gasteiger partial charge in [0.25, 0.3) is 0 Å². The Morgan fingerprint density at radius 1 is 1.29 bits per heavy atom. The highest BCUT2D eigenvalue weighted by atomic mass is 16.5. The molecule has 1 heterocycles. The lowest BCUT2D eigenvalue weighted by Gasteiger charge is -2.22. The van der Waals surface area contributed by atoms with Crippen LogP contribution in [0.4, 0.5) is 0 Å². The van der Waals surface area contributed by atoms with Gasteiger partial charge in [0.1, 0.15) is 5.75 Å². The topological polar surface area (TPSA) is 54.4 Å². The molecule has 0 amide bonds. The van der Waals surface area contributed by atoms with Gasteiger partial charge < -0.3 is 15.2 Å². The summed E-state index contributed by atoms with van der Waals surface area (Å²) in [6.45, 7) is 4.57. The van der Waals surface area contributed by atoms with Crippen molar-refractivity contribution in [2.75, 3.05) is 7.11 Å². The lowest BCUT2D eigenvalue weighted by molar-refractivity contribution is 0.132. The number of nitrogens with zero attached hydrogens (tertiary/aromatic N) is 1. The van der Waals surface area contributed by atoms with Crippen LogP contribution in [0.5, 0.6) is 5.75 Å². The zero-order valence-corrected chi connectivity index (χ0v) is 12.7. The third kappa shape index (κ3) is 4.03. The van der Waals surface area contributed by atoms with Crippen LogP contribution in [0.3, 0.4) is 0 Å². The second-order valence-electron chi connectivity index (χ2n) is 5.18. The first-order valence-corrected chi connectivity index (χ1v) is 7.07. The average Bonchev–Trinajstić information content (AvgIpc) is 2.52. The number of methoxy groups -OCH3 is 1. The van der Waals surface area contributed by atoms with E-state index < -0.39 is 6.10 Å². The number of benzene rings is 1. The Morgan fingerprint density at radius 3 is 2.76 bits per heavy atom. The first-order chi connectivity index (χ1) is 10.1. The lowest BCUT2D eigenvalue weighted by atomic mass is 10.0. The van der Waals surface area contributed by atoms with Gasteiger partial charge in [-0.3, -0.25) is 4.98 Å². The minimum Gasteiger partial charge on any atom is -0.496 e. The molecule has 0 aliphatic carbocycles. The maximum absolute atomic E-state index is 10.5. The quantitative estimate of drug-likeness (QED) is 0.857. The summed E-state index contributed by atoms with van der Waals surface area (Å²) in [7, 11) is 1.62. The molecule has 0 spiro atoms. The Balaban J connectivity index is 2.05. The zero-order chi connectivity index (χ0) is 15.2. The highest BCUT2D eigenvalue weighted by Crippen LogP contribution is 2.28. The molecule has 2 unspecified atom stereocenters. The van der Waals surface area contributed by atoms with Crippen LogP contribution in [0.25, 0.3) is 0 Å². The van der Waals surface area contributed by atoms with Gasteiger partial charge in [0.2, 0.25) is 0 Å². The minimum absolute atomic E-state index is 0.109. The summed E-state index contributed by atoms with van der Waals surface area (Å²) in [6.07, 6.45) is 1.13. The number of nitrogens with one attached hydrogen (secondary N) is 1. The van der Waals surface area contributed by atoms with Crippen molar-refractivity contribution < 1.29 is 9.84 Å². The molecule has 21 heavy (non-hydrogen) atoms. The predicted octanol–water partition coefficient (Wildman–Crippen LogP) is 2.61. The normalized spacial score (nSPS) is 13.7. The van der Waals surface area contributed by atoms with E-state index in [1.54, 1.807) is 13.3 Å². The molecule has 0 aliphatic heterocycles. The molecule has 4 heteroatoms. The summed E-state index contributed by atoms with van der Waals surface area (Å²) in [5.41, 5.74) is 2.85. The highest BCUT2D eigenvalue weighted by Gasteiger charge is 2.20. The van der Waals surface area contributed by atoms with E-state index in [1.165, 1.54) is 0 Å². The van der Waals surface area contributed by atoms with E-state index >= 15 is 0 Å². The van der Waals surface area contributed by atoms with Crippen molar-refractivity contribution in [3.63, 3.8) is 0 Å². The first kappa shape index (κ1) is 15.5. The summed E-state index contributed by atoms with van der Waals surface area (Å²) in [6, 6.07) is 11.5. The standard InChI is InChI=1S/C17H22N2O2/c1-12-7-8-16(21-3)15(10-12)17(20)13(2)19-11-14-6-4-5-9-18-14/h4-10,13,17,19-20H,11H2,1-3H3. The average molecular weight is 286 g/mol. The molecule has 2 N–H and O–H groups in total. The number of pyridine rings is 1. The third-order valence-corrected chi connectivity index (χ3v) is 3.51. The fourth-order valence-electron chi connectivity index (χ4n) is 2.23. The number of hydrogen-bond acceptors (Lipinski definition) is 4. The van der Waals surface area contributed by atoms with Crippen LogP contribution in [-0.4, -0.2) is 23.2 Å².